The van der Waals surface area contributed by atoms with E-state index in [9.17, 15) is 14.0 Å². The molecule has 0 aliphatic rings. The Morgan fingerprint density at radius 3 is 1.60 bits per heavy atom. The molecule has 0 bridgehead atoms. The first-order valence-electron chi connectivity index (χ1n) is 12.6. The Kier molecular flexibility index (Phi) is 5.34. The molecule has 7 nitrogen and oxygen atoms in total. The quantitative estimate of drug-likeness (QED) is 0.259. The van der Waals surface area contributed by atoms with Gasteiger partial charge in [-0.25, -0.2) is 18.7 Å². The number of halogens is 2. The molecule has 1 aromatic heterocycles. The van der Waals surface area contributed by atoms with Gasteiger partial charge in [0.25, 0.3) is 0 Å². The smallest absolute Gasteiger partial charge is 0.206 e. The van der Waals surface area contributed by atoms with E-state index in [4.69, 9.17) is 25.9 Å². The first-order valence-corrected chi connectivity index (χ1v) is 12.6. The normalized spacial score (nSPS) is 11.7. The topological polar surface area (TPSA) is 133 Å². The first kappa shape index (κ1) is 24.7. The maximum atomic E-state index is 14.3. The van der Waals surface area contributed by atoms with Gasteiger partial charge in [0.2, 0.25) is 6.19 Å². The molecule has 1 N–H and O–H groups in total. The van der Waals surface area contributed by atoms with Crippen LogP contribution in [0.15, 0.2) is 77.8 Å². The van der Waals surface area contributed by atoms with Crippen molar-refractivity contribution in [3.05, 3.63) is 106 Å². The summed E-state index contributed by atoms with van der Waals surface area (Å²) in [6.07, 6.45) is 1.84. The third kappa shape index (κ3) is 3.54. The molecule has 9 heteroatoms. The predicted octanol–water partition coefficient (Wildman–Crippen LogP) is 6.18. The molecule has 6 aromatic carbocycles. The fraction of sp³-hybridized carbons (Fsp3) is 0. The minimum Gasteiger partial charge on any atom is -0.298 e. The van der Waals surface area contributed by atoms with Crippen molar-refractivity contribution < 1.29 is 8.78 Å². The molecule has 7 rings (SSSR count). The Labute approximate surface area is 235 Å². The van der Waals surface area contributed by atoms with Gasteiger partial charge < -0.3 is 0 Å². The van der Waals surface area contributed by atoms with Gasteiger partial charge in [-0.3, -0.25) is 5.41 Å². The maximum absolute atomic E-state index is 14.3. The number of fused-ring (bicyclic) bond motifs is 6. The largest absolute Gasteiger partial charge is 0.298 e. The monoisotopic (exact) mass is 545 g/mol. The van der Waals surface area contributed by atoms with Crippen LogP contribution in [0.1, 0.15) is 11.1 Å². The summed E-state index contributed by atoms with van der Waals surface area (Å²) in [5, 5.41) is 39.5. The van der Waals surface area contributed by atoms with Crippen molar-refractivity contribution in [1.82, 2.24) is 9.97 Å². The summed E-state index contributed by atoms with van der Waals surface area (Å²) in [5.74, 6) is -1.25. The number of nitriles is 3. The molecule has 194 valence electrons. The van der Waals surface area contributed by atoms with E-state index in [-0.39, 0.29) is 16.5 Å². The second-order valence-electron chi connectivity index (χ2n) is 9.69. The molecule has 0 aliphatic carbocycles. The summed E-state index contributed by atoms with van der Waals surface area (Å²) < 4.78 is 28.6. The Morgan fingerprint density at radius 2 is 1.05 bits per heavy atom. The molecule has 42 heavy (non-hydrogen) atoms. The fourth-order valence-electron chi connectivity index (χ4n) is 5.40. The summed E-state index contributed by atoms with van der Waals surface area (Å²) in [6, 6.07) is 23.1. The van der Waals surface area contributed by atoms with E-state index in [1.54, 1.807) is 48.5 Å². The highest BCUT2D eigenvalue weighted by molar-refractivity contribution is 6.15. The standard InChI is InChI=1S/C33H13F2N7/c34-26-11-18(1-3-20(26)13-36)16-5-7-22-24(9-16)28(39)32-30(22)42-33-29(40-15-38)25-10-17(6-8-23(25)31(33)41-32)19-2-4-21(14-37)27(35)12-19/h1-12,39H. The lowest BCUT2D eigenvalue weighted by atomic mass is 10.0. The van der Waals surface area contributed by atoms with Crippen molar-refractivity contribution in [2.45, 2.75) is 0 Å². The maximum Gasteiger partial charge on any atom is 0.206 e. The number of benzene rings is 4. The van der Waals surface area contributed by atoms with E-state index in [0.717, 1.165) is 0 Å². The zero-order chi connectivity index (χ0) is 29.1. The molecule has 0 saturated heterocycles. The molecule has 0 saturated carbocycles. The van der Waals surface area contributed by atoms with Gasteiger partial charge in [0, 0.05) is 21.5 Å². The SMILES string of the molecule is N#CN=c1c2cc(-c3ccc(C#N)c(F)c3)ccc2c2nc3c(=N)c4cc(-c5ccc(C#N)c(F)c5)ccc4c3nc12. The summed E-state index contributed by atoms with van der Waals surface area (Å²) in [4.78, 5) is 13.7. The molecule has 1 heterocycles. The van der Waals surface area contributed by atoms with Crippen molar-refractivity contribution >= 4 is 43.6 Å². The Balaban J connectivity index is 1.46. The van der Waals surface area contributed by atoms with Crippen molar-refractivity contribution in [1.29, 1.82) is 21.2 Å². The van der Waals surface area contributed by atoms with E-state index in [2.05, 4.69) is 4.99 Å². The highest BCUT2D eigenvalue weighted by atomic mass is 19.1. The Bertz CT molecular complexity index is 2560. The van der Waals surface area contributed by atoms with Crippen molar-refractivity contribution in [2.24, 2.45) is 4.99 Å². The molecule has 7 aromatic rings. The number of hydrogen-bond acceptors (Lipinski definition) is 7. The summed E-state index contributed by atoms with van der Waals surface area (Å²) in [5.41, 5.74) is 4.06. The van der Waals surface area contributed by atoms with Crippen LogP contribution in [0.5, 0.6) is 0 Å². The molecule has 0 amide bonds. The number of aromatic nitrogens is 2. The third-order valence-corrected chi connectivity index (χ3v) is 7.44. The minimum atomic E-state index is -0.630. The van der Waals surface area contributed by atoms with Crippen LogP contribution in [-0.2, 0) is 0 Å². The number of hydrogen-bond donors (Lipinski definition) is 1. The van der Waals surface area contributed by atoms with Crippen LogP contribution in [0.3, 0.4) is 0 Å². The van der Waals surface area contributed by atoms with Crippen LogP contribution >= 0.6 is 0 Å². The van der Waals surface area contributed by atoms with Gasteiger partial charge in [-0.2, -0.15) is 20.8 Å². The highest BCUT2D eigenvalue weighted by Crippen LogP contribution is 2.32. The van der Waals surface area contributed by atoms with Crippen LogP contribution < -0.4 is 10.7 Å². The van der Waals surface area contributed by atoms with Crippen LogP contribution in [0.4, 0.5) is 8.78 Å². The molecule has 0 unspecified atom stereocenters. The van der Waals surface area contributed by atoms with Crippen LogP contribution in [0.2, 0.25) is 0 Å². The van der Waals surface area contributed by atoms with Crippen molar-refractivity contribution in [3.8, 4) is 40.6 Å². The molecule has 0 spiro atoms. The third-order valence-electron chi connectivity index (χ3n) is 7.44. The number of nitrogens with one attached hydrogen (secondary N) is 1. The van der Waals surface area contributed by atoms with E-state index >= 15 is 0 Å². The van der Waals surface area contributed by atoms with Gasteiger partial charge in [-0.15, -0.1) is 0 Å². The van der Waals surface area contributed by atoms with Crippen molar-refractivity contribution in [3.63, 3.8) is 0 Å². The van der Waals surface area contributed by atoms with Crippen LogP contribution in [0, 0.1) is 51.2 Å². The van der Waals surface area contributed by atoms with Gasteiger partial charge in [0.15, 0.2) is 0 Å². The molecular weight excluding hydrogens is 532 g/mol. The van der Waals surface area contributed by atoms with Gasteiger partial charge >= 0.3 is 0 Å². The lowest BCUT2D eigenvalue weighted by Crippen LogP contribution is -2.02. The van der Waals surface area contributed by atoms with E-state index < -0.39 is 11.6 Å². The van der Waals surface area contributed by atoms with Crippen LogP contribution in [-0.4, -0.2) is 9.97 Å². The van der Waals surface area contributed by atoms with Gasteiger partial charge in [0.1, 0.15) is 40.2 Å². The summed E-state index contributed by atoms with van der Waals surface area (Å²) in [7, 11) is 0. The number of nitrogens with zero attached hydrogens (tertiary/aromatic N) is 6. The lowest BCUT2D eigenvalue weighted by Gasteiger charge is -2.03. The van der Waals surface area contributed by atoms with Gasteiger partial charge in [-0.1, -0.05) is 36.4 Å². The molecule has 0 aliphatic heterocycles. The van der Waals surface area contributed by atoms with Gasteiger partial charge in [-0.05, 0) is 58.7 Å². The van der Waals surface area contributed by atoms with Crippen LogP contribution in [0.25, 0.3) is 65.9 Å². The highest BCUT2D eigenvalue weighted by Gasteiger charge is 2.19. The minimum absolute atomic E-state index is 0.0470. The van der Waals surface area contributed by atoms with E-state index in [1.807, 2.05) is 18.3 Å². The van der Waals surface area contributed by atoms with E-state index in [0.29, 0.717) is 71.2 Å². The molecule has 0 radical (unpaired) electrons. The molecular formula is C33H13F2N7. The zero-order valence-corrected chi connectivity index (χ0v) is 21.4. The number of rotatable bonds is 2. The molecule has 0 atom stereocenters. The fourth-order valence-corrected chi connectivity index (χ4v) is 5.40. The average Bonchev–Trinajstić information content (AvgIpc) is 3.46. The lowest BCUT2D eigenvalue weighted by molar-refractivity contribution is 0.624. The molecule has 0 fully saturated rings. The predicted molar refractivity (Wildman–Crippen MR) is 152 cm³/mol. The first-order chi connectivity index (χ1) is 20.4. The van der Waals surface area contributed by atoms with Gasteiger partial charge in [0.05, 0.1) is 27.5 Å². The summed E-state index contributed by atoms with van der Waals surface area (Å²) in [6.45, 7) is 0. The zero-order valence-electron chi connectivity index (χ0n) is 21.4. The van der Waals surface area contributed by atoms with Crippen molar-refractivity contribution in [2.75, 3.05) is 0 Å². The Hall–Kier alpha value is -6.37. The Morgan fingerprint density at radius 1 is 0.571 bits per heavy atom. The second-order valence-corrected chi connectivity index (χ2v) is 9.69. The average molecular weight is 546 g/mol. The second kappa shape index (κ2) is 9.09. The van der Waals surface area contributed by atoms with E-state index in [1.165, 1.54) is 24.3 Å². The summed E-state index contributed by atoms with van der Waals surface area (Å²) >= 11 is 0.